The van der Waals surface area contributed by atoms with E-state index in [9.17, 15) is 5.11 Å². The number of rotatable bonds is 0. The van der Waals surface area contributed by atoms with Crippen LogP contribution in [0.3, 0.4) is 0 Å². The van der Waals surface area contributed by atoms with Crippen LogP contribution in [0.15, 0.2) is 0 Å². The van der Waals surface area contributed by atoms with Crippen LogP contribution in [0.5, 0.6) is 0 Å². The Kier molecular flexibility index (Phi) is 2.54. The van der Waals surface area contributed by atoms with Crippen LogP contribution in [0.2, 0.25) is 0 Å². The van der Waals surface area contributed by atoms with Crippen LogP contribution in [0.1, 0.15) is 64.2 Å². The van der Waals surface area contributed by atoms with Gasteiger partial charge in [0.15, 0.2) is 0 Å². The van der Waals surface area contributed by atoms with E-state index in [1.165, 1.54) is 57.8 Å². The highest BCUT2D eigenvalue weighted by Gasteiger charge is 2.52. The fourth-order valence-electron chi connectivity index (χ4n) is 4.93. The highest BCUT2D eigenvalue weighted by atomic mass is 16.3. The van der Waals surface area contributed by atoms with Crippen molar-refractivity contribution in [3.05, 3.63) is 0 Å². The predicted molar refractivity (Wildman–Crippen MR) is 61.6 cm³/mol. The van der Waals surface area contributed by atoms with Crippen molar-refractivity contribution in [2.24, 2.45) is 17.3 Å². The van der Waals surface area contributed by atoms with E-state index in [1.807, 2.05) is 0 Å². The molecule has 1 nitrogen and oxygen atoms in total. The van der Waals surface area contributed by atoms with Crippen molar-refractivity contribution in [3.8, 4) is 0 Å². The van der Waals surface area contributed by atoms with Gasteiger partial charge in [0.25, 0.3) is 0 Å². The maximum absolute atomic E-state index is 10.2. The molecular formula is C14H24O. The lowest BCUT2D eigenvalue weighted by atomic mass is 9.63. The fourth-order valence-corrected chi connectivity index (χ4v) is 4.93. The van der Waals surface area contributed by atoms with Gasteiger partial charge in [-0.3, -0.25) is 0 Å². The van der Waals surface area contributed by atoms with Gasteiger partial charge in [-0.15, -0.1) is 0 Å². The molecule has 0 aromatic carbocycles. The smallest absolute Gasteiger partial charge is 0.0576 e. The summed E-state index contributed by atoms with van der Waals surface area (Å²) < 4.78 is 0. The molecule has 3 aliphatic rings. The first-order valence-corrected chi connectivity index (χ1v) is 7.00. The molecule has 0 unspecified atom stereocenters. The van der Waals surface area contributed by atoms with Gasteiger partial charge in [0.2, 0.25) is 0 Å². The third kappa shape index (κ3) is 1.54. The summed E-state index contributed by atoms with van der Waals surface area (Å²) in [6.07, 6.45) is 13.9. The molecule has 0 aromatic rings. The van der Waals surface area contributed by atoms with Gasteiger partial charge in [0.1, 0.15) is 0 Å². The number of hydrogen-bond donors (Lipinski definition) is 1. The molecule has 0 heterocycles. The van der Waals surface area contributed by atoms with E-state index in [-0.39, 0.29) is 6.10 Å². The van der Waals surface area contributed by atoms with Gasteiger partial charge < -0.3 is 5.11 Å². The van der Waals surface area contributed by atoms with Gasteiger partial charge in [-0.25, -0.2) is 0 Å². The molecule has 3 atom stereocenters. The van der Waals surface area contributed by atoms with E-state index >= 15 is 0 Å². The molecule has 86 valence electrons. The average molecular weight is 208 g/mol. The Balaban J connectivity index is 1.83. The molecule has 0 amide bonds. The largest absolute Gasteiger partial charge is 0.393 e. The molecule has 3 fully saturated rings. The lowest BCUT2D eigenvalue weighted by Crippen LogP contribution is -2.32. The molecule has 3 rings (SSSR count). The summed E-state index contributed by atoms with van der Waals surface area (Å²) in [6, 6.07) is 0. The summed E-state index contributed by atoms with van der Waals surface area (Å²) >= 11 is 0. The molecule has 0 radical (unpaired) electrons. The van der Waals surface area contributed by atoms with Crippen molar-refractivity contribution < 1.29 is 5.11 Å². The maximum atomic E-state index is 10.2. The average Bonchev–Trinajstić information content (AvgIpc) is 2.55. The summed E-state index contributed by atoms with van der Waals surface area (Å²) in [5.41, 5.74) is 0.586. The number of aliphatic hydroxyl groups is 1. The summed E-state index contributed by atoms with van der Waals surface area (Å²) in [7, 11) is 0. The van der Waals surface area contributed by atoms with Gasteiger partial charge in [-0.2, -0.15) is 0 Å². The summed E-state index contributed by atoms with van der Waals surface area (Å²) in [5, 5.41) is 10.2. The van der Waals surface area contributed by atoms with Crippen LogP contribution in [-0.2, 0) is 0 Å². The molecule has 0 aliphatic heterocycles. The number of hydrogen-bond acceptors (Lipinski definition) is 1. The van der Waals surface area contributed by atoms with Crippen molar-refractivity contribution in [1.82, 2.24) is 0 Å². The van der Waals surface area contributed by atoms with E-state index in [1.54, 1.807) is 0 Å². The van der Waals surface area contributed by atoms with Crippen LogP contribution in [0.4, 0.5) is 0 Å². The second-order valence-corrected chi connectivity index (χ2v) is 6.25. The lowest BCUT2D eigenvalue weighted by Gasteiger charge is -2.42. The van der Waals surface area contributed by atoms with E-state index < -0.39 is 0 Å². The molecule has 3 aliphatic carbocycles. The monoisotopic (exact) mass is 208 g/mol. The minimum atomic E-state index is 0.0494. The Hall–Kier alpha value is -0.0400. The Labute approximate surface area is 93.3 Å². The third-order valence-electron chi connectivity index (χ3n) is 5.57. The fraction of sp³-hybridized carbons (Fsp3) is 1.00. The molecule has 1 N–H and O–H groups in total. The van der Waals surface area contributed by atoms with E-state index in [0.29, 0.717) is 11.3 Å². The molecule has 0 bridgehead atoms. The van der Waals surface area contributed by atoms with Crippen LogP contribution in [0.25, 0.3) is 0 Å². The van der Waals surface area contributed by atoms with Crippen molar-refractivity contribution in [1.29, 1.82) is 0 Å². The number of fused-ring (bicyclic) bond motifs is 2. The number of aliphatic hydroxyl groups excluding tert-OH is 1. The molecule has 1 heteroatoms. The van der Waals surface area contributed by atoms with Crippen LogP contribution in [-0.4, -0.2) is 11.2 Å². The van der Waals surface area contributed by atoms with Crippen LogP contribution < -0.4 is 0 Å². The third-order valence-corrected chi connectivity index (χ3v) is 5.57. The Morgan fingerprint density at radius 1 is 0.867 bits per heavy atom. The first kappa shape index (κ1) is 10.1. The lowest BCUT2D eigenvalue weighted by molar-refractivity contribution is 0.0744. The summed E-state index contributed by atoms with van der Waals surface area (Å²) in [4.78, 5) is 0. The summed E-state index contributed by atoms with van der Waals surface area (Å²) in [5.74, 6) is 1.57. The van der Waals surface area contributed by atoms with Crippen molar-refractivity contribution in [3.63, 3.8) is 0 Å². The van der Waals surface area contributed by atoms with E-state index in [2.05, 4.69) is 0 Å². The molecule has 1 spiro atoms. The zero-order valence-corrected chi connectivity index (χ0v) is 9.75. The predicted octanol–water partition coefficient (Wildman–Crippen LogP) is 3.51. The van der Waals surface area contributed by atoms with Crippen molar-refractivity contribution in [2.45, 2.75) is 70.3 Å². The van der Waals surface area contributed by atoms with Crippen LogP contribution >= 0.6 is 0 Å². The minimum absolute atomic E-state index is 0.0494. The Morgan fingerprint density at radius 2 is 1.60 bits per heavy atom. The second kappa shape index (κ2) is 3.76. The van der Waals surface area contributed by atoms with Gasteiger partial charge in [-0.1, -0.05) is 32.1 Å². The highest BCUT2D eigenvalue weighted by molar-refractivity contribution is 5.02. The maximum Gasteiger partial charge on any atom is 0.0576 e. The first-order valence-electron chi connectivity index (χ1n) is 7.00. The minimum Gasteiger partial charge on any atom is -0.393 e. The summed E-state index contributed by atoms with van der Waals surface area (Å²) in [6.45, 7) is 0. The van der Waals surface area contributed by atoms with Gasteiger partial charge in [0, 0.05) is 0 Å². The highest BCUT2D eigenvalue weighted by Crippen LogP contribution is 2.59. The normalized spacial score (nSPS) is 44.2. The quantitative estimate of drug-likeness (QED) is 0.646. The first-order chi connectivity index (χ1) is 7.32. The van der Waals surface area contributed by atoms with Crippen LogP contribution in [0, 0.1) is 17.3 Å². The SMILES string of the molecule is O[C@H]1CC2(CCCCC2)[C@H]2CCCC[C@@H]12. The molecule has 3 saturated carbocycles. The van der Waals surface area contributed by atoms with Crippen molar-refractivity contribution in [2.75, 3.05) is 0 Å². The molecule has 0 aromatic heterocycles. The standard InChI is InChI=1S/C14H24O/c15-13-10-14(8-4-1-5-9-14)12-7-3-2-6-11(12)13/h11-13,15H,1-10H2/t11-,12+,13+/m1/s1. The van der Waals surface area contributed by atoms with Gasteiger partial charge in [-0.05, 0) is 49.4 Å². The van der Waals surface area contributed by atoms with Gasteiger partial charge in [0.05, 0.1) is 6.10 Å². The zero-order valence-electron chi connectivity index (χ0n) is 9.75. The second-order valence-electron chi connectivity index (χ2n) is 6.25. The molecule has 15 heavy (non-hydrogen) atoms. The Morgan fingerprint density at radius 3 is 2.40 bits per heavy atom. The Bertz CT molecular complexity index is 229. The molecule has 0 saturated heterocycles. The van der Waals surface area contributed by atoms with Gasteiger partial charge >= 0.3 is 0 Å². The molecular weight excluding hydrogens is 184 g/mol. The van der Waals surface area contributed by atoms with Crippen molar-refractivity contribution >= 4 is 0 Å². The topological polar surface area (TPSA) is 20.2 Å². The van der Waals surface area contributed by atoms with E-state index in [4.69, 9.17) is 0 Å². The van der Waals surface area contributed by atoms with E-state index in [0.717, 1.165) is 12.3 Å². The zero-order chi connectivity index (χ0) is 10.3.